The molecule has 1 aliphatic carbocycles. The number of aliphatic hydroxyl groups is 1. The highest BCUT2D eigenvalue weighted by Crippen LogP contribution is 2.34. The van der Waals surface area contributed by atoms with Crippen LogP contribution in [-0.4, -0.2) is 10.0 Å². The third-order valence-electron chi connectivity index (χ3n) is 2.45. The first kappa shape index (κ1) is 9.08. The summed E-state index contributed by atoms with van der Waals surface area (Å²) in [4.78, 5) is 9.66. The normalized spacial score (nSPS) is 19.4. The molecule has 1 N–H and O–H groups in total. The van der Waals surface area contributed by atoms with Crippen LogP contribution in [0.3, 0.4) is 0 Å². The summed E-state index contributed by atoms with van der Waals surface area (Å²) in [5.74, 6) is -0.880. The zero-order valence-corrected chi connectivity index (χ0v) is 7.24. The number of aryl methyl sites for hydroxylation is 1. The maximum absolute atomic E-state index is 13.1. The molecule has 1 unspecified atom stereocenters. The number of nitro benzene ring substituents is 1. The van der Waals surface area contributed by atoms with Crippen LogP contribution >= 0.6 is 0 Å². The van der Waals surface area contributed by atoms with E-state index in [0.29, 0.717) is 24.0 Å². The molecule has 0 fully saturated rings. The second-order valence-electron chi connectivity index (χ2n) is 3.31. The number of hydrogen-bond acceptors (Lipinski definition) is 3. The zero-order chi connectivity index (χ0) is 10.3. The molecule has 5 heteroatoms. The van der Waals surface area contributed by atoms with Crippen molar-refractivity contribution < 1.29 is 14.4 Å². The molecule has 0 spiro atoms. The van der Waals surface area contributed by atoms with Crippen LogP contribution in [0.4, 0.5) is 10.1 Å². The van der Waals surface area contributed by atoms with Gasteiger partial charge in [-0.1, -0.05) is 0 Å². The zero-order valence-electron chi connectivity index (χ0n) is 7.24. The molecular weight excluding hydrogens is 189 g/mol. The summed E-state index contributed by atoms with van der Waals surface area (Å²) in [7, 11) is 0. The van der Waals surface area contributed by atoms with Crippen LogP contribution in [0.5, 0.6) is 0 Å². The van der Waals surface area contributed by atoms with Crippen molar-refractivity contribution in [3.05, 3.63) is 39.2 Å². The lowest BCUT2D eigenvalue weighted by atomic mass is 10.1. The number of rotatable bonds is 1. The van der Waals surface area contributed by atoms with Crippen LogP contribution in [0, 0.1) is 15.9 Å². The van der Waals surface area contributed by atoms with Gasteiger partial charge < -0.3 is 5.11 Å². The van der Waals surface area contributed by atoms with E-state index in [2.05, 4.69) is 0 Å². The minimum atomic E-state index is -0.880. The summed E-state index contributed by atoms with van der Waals surface area (Å²) < 4.78 is 13.1. The van der Waals surface area contributed by atoms with Gasteiger partial charge >= 0.3 is 5.69 Å². The molecule has 14 heavy (non-hydrogen) atoms. The third kappa shape index (κ3) is 1.26. The molecule has 0 aliphatic heterocycles. The van der Waals surface area contributed by atoms with E-state index in [1.165, 1.54) is 6.07 Å². The van der Waals surface area contributed by atoms with Gasteiger partial charge in [-0.2, -0.15) is 4.39 Å². The Morgan fingerprint density at radius 1 is 1.57 bits per heavy atom. The Morgan fingerprint density at radius 2 is 2.29 bits per heavy atom. The Labute approximate surface area is 79.1 Å². The van der Waals surface area contributed by atoms with Gasteiger partial charge in [0.25, 0.3) is 0 Å². The summed E-state index contributed by atoms with van der Waals surface area (Å²) in [6.07, 6.45) is 0.397. The topological polar surface area (TPSA) is 63.4 Å². The molecule has 2 rings (SSSR count). The maximum atomic E-state index is 13.1. The molecule has 0 amide bonds. The van der Waals surface area contributed by atoms with E-state index in [0.717, 1.165) is 6.07 Å². The lowest BCUT2D eigenvalue weighted by Gasteiger charge is -2.03. The first-order valence-corrected chi connectivity index (χ1v) is 4.24. The average Bonchev–Trinajstić information content (AvgIpc) is 2.46. The van der Waals surface area contributed by atoms with Gasteiger partial charge in [0, 0.05) is 6.07 Å². The SMILES string of the molecule is O=[N+]([O-])c1cc2c(cc1F)C(O)CC2. The highest BCUT2D eigenvalue weighted by molar-refractivity contribution is 5.44. The molecule has 1 atom stereocenters. The van der Waals surface area contributed by atoms with Gasteiger partial charge in [-0.15, -0.1) is 0 Å². The van der Waals surface area contributed by atoms with E-state index < -0.39 is 22.5 Å². The van der Waals surface area contributed by atoms with Crippen molar-refractivity contribution in [1.29, 1.82) is 0 Å². The van der Waals surface area contributed by atoms with E-state index in [1.54, 1.807) is 0 Å². The fourth-order valence-electron chi connectivity index (χ4n) is 1.73. The minimum absolute atomic E-state index is 0.480. The third-order valence-corrected chi connectivity index (χ3v) is 2.45. The van der Waals surface area contributed by atoms with Crippen LogP contribution in [0.1, 0.15) is 23.7 Å². The Balaban J connectivity index is 2.55. The molecule has 0 radical (unpaired) electrons. The van der Waals surface area contributed by atoms with E-state index >= 15 is 0 Å². The van der Waals surface area contributed by atoms with Crippen molar-refractivity contribution in [2.45, 2.75) is 18.9 Å². The van der Waals surface area contributed by atoms with Gasteiger partial charge in [-0.25, -0.2) is 0 Å². The van der Waals surface area contributed by atoms with Crippen LogP contribution in [0.25, 0.3) is 0 Å². The number of aliphatic hydroxyl groups excluding tert-OH is 1. The fraction of sp³-hybridized carbons (Fsp3) is 0.333. The number of halogens is 1. The molecule has 4 nitrogen and oxygen atoms in total. The smallest absolute Gasteiger partial charge is 0.305 e. The second-order valence-corrected chi connectivity index (χ2v) is 3.31. The molecular formula is C9H8FNO3. The van der Waals surface area contributed by atoms with E-state index in [1.807, 2.05) is 0 Å². The second kappa shape index (κ2) is 3.02. The lowest BCUT2D eigenvalue weighted by Crippen LogP contribution is -1.97. The number of fused-ring (bicyclic) bond motifs is 1. The molecule has 0 saturated carbocycles. The molecule has 0 aromatic heterocycles. The van der Waals surface area contributed by atoms with Crippen molar-refractivity contribution >= 4 is 5.69 Å². The van der Waals surface area contributed by atoms with Crippen molar-refractivity contribution in [3.8, 4) is 0 Å². The highest BCUT2D eigenvalue weighted by atomic mass is 19.1. The van der Waals surface area contributed by atoms with Crippen LogP contribution in [-0.2, 0) is 6.42 Å². The molecule has 0 heterocycles. The fourth-order valence-corrected chi connectivity index (χ4v) is 1.73. The summed E-state index contributed by atoms with van der Waals surface area (Å²) in [5, 5.41) is 19.8. The number of nitro groups is 1. The Kier molecular flexibility index (Phi) is 1.96. The molecule has 1 aliphatic rings. The Bertz CT molecular complexity index is 405. The van der Waals surface area contributed by atoms with Crippen LogP contribution in [0.15, 0.2) is 12.1 Å². The first-order chi connectivity index (χ1) is 6.59. The van der Waals surface area contributed by atoms with Gasteiger partial charge in [0.1, 0.15) is 0 Å². The van der Waals surface area contributed by atoms with Crippen molar-refractivity contribution in [2.75, 3.05) is 0 Å². The van der Waals surface area contributed by atoms with Crippen molar-refractivity contribution in [1.82, 2.24) is 0 Å². The van der Waals surface area contributed by atoms with Crippen LogP contribution < -0.4 is 0 Å². The maximum Gasteiger partial charge on any atom is 0.305 e. The van der Waals surface area contributed by atoms with Crippen molar-refractivity contribution in [2.24, 2.45) is 0 Å². The summed E-state index contributed by atoms with van der Waals surface area (Å²) in [5.41, 5.74) is 0.636. The number of nitrogens with zero attached hydrogens (tertiary/aromatic N) is 1. The van der Waals surface area contributed by atoms with E-state index in [-0.39, 0.29) is 0 Å². The predicted octanol–water partition coefficient (Wildman–Crippen LogP) is 1.71. The first-order valence-electron chi connectivity index (χ1n) is 4.24. The highest BCUT2D eigenvalue weighted by Gasteiger charge is 2.25. The molecule has 0 saturated heterocycles. The molecule has 0 bridgehead atoms. The largest absolute Gasteiger partial charge is 0.388 e. The summed E-state index contributed by atoms with van der Waals surface area (Å²) in [6, 6.07) is 2.27. The summed E-state index contributed by atoms with van der Waals surface area (Å²) in [6.45, 7) is 0. The Hall–Kier alpha value is -1.49. The van der Waals surface area contributed by atoms with Gasteiger partial charge in [-0.05, 0) is 30.0 Å². The number of benzene rings is 1. The molecule has 1 aromatic carbocycles. The predicted molar refractivity (Wildman–Crippen MR) is 46.3 cm³/mol. The average molecular weight is 197 g/mol. The van der Waals surface area contributed by atoms with E-state index in [9.17, 15) is 19.6 Å². The molecule has 1 aromatic rings. The van der Waals surface area contributed by atoms with Crippen molar-refractivity contribution in [3.63, 3.8) is 0 Å². The lowest BCUT2D eigenvalue weighted by molar-refractivity contribution is -0.387. The molecule has 74 valence electrons. The van der Waals surface area contributed by atoms with Gasteiger partial charge in [0.05, 0.1) is 11.0 Å². The quantitative estimate of drug-likeness (QED) is 0.550. The van der Waals surface area contributed by atoms with E-state index in [4.69, 9.17) is 0 Å². The monoisotopic (exact) mass is 197 g/mol. The Morgan fingerprint density at radius 3 is 2.93 bits per heavy atom. The number of hydrogen-bond donors (Lipinski definition) is 1. The van der Waals surface area contributed by atoms with Gasteiger partial charge in [-0.3, -0.25) is 10.1 Å². The summed E-state index contributed by atoms with van der Waals surface area (Å²) >= 11 is 0. The van der Waals surface area contributed by atoms with Gasteiger partial charge in [0.2, 0.25) is 5.82 Å². The van der Waals surface area contributed by atoms with Crippen LogP contribution in [0.2, 0.25) is 0 Å². The minimum Gasteiger partial charge on any atom is -0.388 e. The standard InChI is InChI=1S/C9H8FNO3/c10-7-4-6-5(1-2-9(6)12)3-8(7)11(13)14/h3-4,9,12H,1-2H2. The van der Waals surface area contributed by atoms with Gasteiger partial charge in [0.15, 0.2) is 0 Å².